The second kappa shape index (κ2) is 11.8. The molecule has 3 heterocycles. The lowest BCUT2D eigenvalue weighted by Gasteiger charge is -2.30. The van der Waals surface area contributed by atoms with Crippen LogP contribution in [0.25, 0.3) is 22.2 Å². The molecule has 0 saturated carbocycles. The topological polar surface area (TPSA) is 113 Å². The number of nitrogen functional groups attached to an aromatic ring is 1. The molecule has 1 amide bonds. The van der Waals surface area contributed by atoms with E-state index in [-0.39, 0.29) is 23.3 Å². The van der Waals surface area contributed by atoms with Gasteiger partial charge in [0.05, 0.1) is 11.4 Å². The third-order valence-electron chi connectivity index (χ3n) is 8.04. The molecule has 43 heavy (non-hydrogen) atoms. The molecule has 1 aliphatic rings. The quantitative estimate of drug-likeness (QED) is 0.214. The van der Waals surface area contributed by atoms with Crippen molar-refractivity contribution >= 4 is 22.8 Å². The number of carbonyl (C=O) groups is 1. The van der Waals surface area contributed by atoms with E-state index >= 15 is 0 Å². The fourth-order valence-electron chi connectivity index (χ4n) is 5.20. The fourth-order valence-corrected chi connectivity index (χ4v) is 5.20. The Labute approximate surface area is 248 Å². The van der Waals surface area contributed by atoms with Gasteiger partial charge in [0, 0.05) is 30.4 Å². The summed E-state index contributed by atoms with van der Waals surface area (Å²) in [6, 6.07) is 12.6. The van der Waals surface area contributed by atoms with Gasteiger partial charge in [-0.2, -0.15) is 9.65 Å². The number of aromatic nitrogens is 3. The lowest BCUT2D eigenvalue weighted by atomic mass is 9.99. The van der Waals surface area contributed by atoms with E-state index < -0.39 is 17.2 Å². The summed E-state index contributed by atoms with van der Waals surface area (Å²) >= 11 is 0. The Morgan fingerprint density at radius 1 is 1.21 bits per heavy atom. The first-order valence-corrected chi connectivity index (χ1v) is 13.9. The van der Waals surface area contributed by atoms with Crippen molar-refractivity contribution in [2.75, 3.05) is 26.4 Å². The van der Waals surface area contributed by atoms with Gasteiger partial charge in [-0.05, 0) is 76.7 Å². The maximum absolute atomic E-state index is 14.1. The number of hydrogen-bond acceptors (Lipinski definition) is 7. The van der Waals surface area contributed by atoms with Gasteiger partial charge in [-0.3, -0.25) is 4.79 Å². The number of hydrogen-bond donors (Lipinski definition) is 1. The number of ether oxygens (including phenoxy) is 1. The maximum Gasteiger partial charge on any atom is 0.264 e. The monoisotopic (exact) mass is 585 g/mol. The van der Waals surface area contributed by atoms with Crippen LogP contribution >= 0.6 is 0 Å². The summed E-state index contributed by atoms with van der Waals surface area (Å²) in [7, 11) is 3.81. The van der Waals surface area contributed by atoms with Crippen LogP contribution in [-0.2, 0) is 11.3 Å². The molecule has 1 saturated heterocycles. The van der Waals surface area contributed by atoms with Crippen LogP contribution in [0.1, 0.15) is 26.7 Å². The summed E-state index contributed by atoms with van der Waals surface area (Å²) in [6.07, 6.45) is 6.65. The minimum absolute atomic E-state index is 0.121. The van der Waals surface area contributed by atoms with E-state index in [4.69, 9.17) is 10.5 Å². The molecule has 1 fully saturated rings. The molecular weight excluding hydrogens is 552 g/mol. The summed E-state index contributed by atoms with van der Waals surface area (Å²) in [5.74, 6) is -1.90. The molecule has 0 aliphatic carbocycles. The molecule has 1 aliphatic heterocycles. The van der Waals surface area contributed by atoms with Crippen molar-refractivity contribution in [1.29, 1.82) is 5.26 Å². The van der Waals surface area contributed by atoms with E-state index in [2.05, 4.69) is 16.0 Å². The van der Waals surface area contributed by atoms with Gasteiger partial charge in [0.1, 0.15) is 35.2 Å². The summed E-state index contributed by atoms with van der Waals surface area (Å²) in [5, 5.41) is 10.5. The van der Waals surface area contributed by atoms with Crippen LogP contribution < -0.4 is 10.5 Å². The molecule has 0 spiro atoms. The van der Waals surface area contributed by atoms with E-state index in [1.165, 1.54) is 18.5 Å². The van der Waals surface area contributed by atoms with Crippen LogP contribution in [0.15, 0.2) is 66.6 Å². The minimum Gasteiger partial charge on any atom is -0.454 e. The first-order valence-electron chi connectivity index (χ1n) is 13.9. The number of anilines is 1. The van der Waals surface area contributed by atoms with E-state index in [0.717, 1.165) is 30.0 Å². The average Bonchev–Trinajstić information content (AvgIpc) is 3.60. The molecule has 0 unspecified atom stereocenters. The summed E-state index contributed by atoms with van der Waals surface area (Å²) in [4.78, 5) is 26.0. The minimum atomic E-state index is -1.06. The van der Waals surface area contributed by atoms with Gasteiger partial charge in [0.15, 0.2) is 11.6 Å². The van der Waals surface area contributed by atoms with E-state index in [1.54, 1.807) is 35.2 Å². The average molecular weight is 586 g/mol. The van der Waals surface area contributed by atoms with Crippen molar-refractivity contribution in [1.82, 2.24) is 24.3 Å². The van der Waals surface area contributed by atoms with Crippen LogP contribution in [0.4, 0.5) is 14.6 Å². The zero-order chi connectivity index (χ0) is 30.9. The van der Waals surface area contributed by atoms with Crippen LogP contribution in [0.2, 0.25) is 0 Å². The van der Waals surface area contributed by atoms with Crippen molar-refractivity contribution in [2.45, 2.75) is 44.8 Å². The molecule has 0 bridgehead atoms. The normalized spacial score (nSPS) is 15.7. The van der Waals surface area contributed by atoms with Gasteiger partial charge < -0.3 is 24.8 Å². The number of halogens is 2. The third-order valence-corrected chi connectivity index (χ3v) is 8.04. The lowest BCUT2D eigenvalue weighted by Crippen LogP contribution is -2.41. The van der Waals surface area contributed by atoms with Gasteiger partial charge in [-0.15, -0.1) is 0 Å². The molecule has 0 radical (unpaired) electrons. The number of nitrogens with zero attached hydrogens (tertiary/aromatic N) is 6. The van der Waals surface area contributed by atoms with Gasteiger partial charge in [0.25, 0.3) is 5.91 Å². The Hall–Kier alpha value is -4.82. The smallest absolute Gasteiger partial charge is 0.264 e. The Kier molecular flexibility index (Phi) is 8.15. The van der Waals surface area contributed by atoms with Gasteiger partial charge >= 0.3 is 0 Å². The second-order valence-electron chi connectivity index (χ2n) is 11.3. The number of likely N-dealkylation sites (tertiary alicyclic amines) is 1. The van der Waals surface area contributed by atoms with Crippen molar-refractivity contribution in [3.8, 4) is 28.7 Å². The Bertz CT molecular complexity index is 1740. The highest BCUT2D eigenvalue weighted by molar-refractivity contribution is 6.01. The highest BCUT2D eigenvalue weighted by Crippen LogP contribution is 2.35. The Balaban J connectivity index is 1.43. The first kappa shape index (κ1) is 29.7. The molecule has 9 nitrogen and oxygen atoms in total. The summed E-state index contributed by atoms with van der Waals surface area (Å²) in [5.41, 5.74) is 8.15. The zero-order valence-electron chi connectivity index (χ0n) is 24.5. The van der Waals surface area contributed by atoms with Crippen LogP contribution in [-0.4, -0.2) is 62.5 Å². The third kappa shape index (κ3) is 5.92. The number of amides is 1. The predicted molar refractivity (Wildman–Crippen MR) is 160 cm³/mol. The molecule has 222 valence electrons. The SMILES string of the molecule is CN(C)C(C)(C)/C=C(/C#N)C(=O)N1CCC[C@@H]1Cn1cc(-c2ccc(Oc3cccc(F)c3F)cc2)c2c(N)ncnc21. The summed E-state index contributed by atoms with van der Waals surface area (Å²) < 4.78 is 35.2. The highest BCUT2D eigenvalue weighted by atomic mass is 19.2. The predicted octanol–water partition coefficient (Wildman–Crippen LogP) is 5.53. The number of benzene rings is 2. The number of nitriles is 1. The van der Waals surface area contributed by atoms with Crippen molar-refractivity contribution < 1.29 is 18.3 Å². The van der Waals surface area contributed by atoms with E-state index in [0.29, 0.717) is 35.7 Å². The number of nitrogens with two attached hydrogens (primary N) is 1. The number of fused-ring (bicyclic) bond motifs is 1. The first-order chi connectivity index (χ1) is 20.5. The molecule has 11 heteroatoms. The van der Waals surface area contributed by atoms with Gasteiger partial charge in [-0.25, -0.2) is 14.4 Å². The fraction of sp³-hybridized carbons (Fsp3) is 0.312. The lowest BCUT2D eigenvalue weighted by molar-refractivity contribution is -0.127. The largest absolute Gasteiger partial charge is 0.454 e. The van der Waals surface area contributed by atoms with Crippen LogP contribution in [0.3, 0.4) is 0 Å². The molecular formula is C32H33F2N7O2. The number of likely N-dealkylation sites (N-methyl/N-ethyl adjacent to an activating group) is 1. The van der Waals surface area contributed by atoms with Crippen molar-refractivity contribution in [3.05, 3.63) is 78.3 Å². The molecule has 5 rings (SSSR count). The highest BCUT2D eigenvalue weighted by Gasteiger charge is 2.33. The standard InChI is InChI=1S/C32H33F2N7O2/c1-32(2,39(3)4)15-21(16-35)31(42)41-14-6-7-22(41)17-40-18-24(27-29(36)37-19-38-30(27)40)20-10-12-23(13-11-20)43-26-9-5-8-25(33)28(26)34/h5,8-13,15,18-19,22H,6-7,14,17H2,1-4H3,(H2,36,37,38)/b21-15-/t22-/m1/s1. The van der Waals surface area contributed by atoms with Crippen LogP contribution in [0.5, 0.6) is 11.5 Å². The van der Waals surface area contributed by atoms with E-state index in [9.17, 15) is 18.8 Å². The molecule has 2 N–H and O–H groups in total. The zero-order valence-corrected chi connectivity index (χ0v) is 24.5. The van der Waals surface area contributed by atoms with Crippen LogP contribution in [0, 0.1) is 23.0 Å². The van der Waals surface area contributed by atoms with Crippen molar-refractivity contribution in [2.24, 2.45) is 0 Å². The van der Waals surface area contributed by atoms with Gasteiger partial charge in [0.2, 0.25) is 5.82 Å². The molecule has 2 aromatic heterocycles. The second-order valence-corrected chi connectivity index (χ2v) is 11.3. The maximum atomic E-state index is 14.1. The van der Waals surface area contributed by atoms with Crippen molar-refractivity contribution in [3.63, 3.8) is 0 Å². The molecule has 1 atom stereocenters. The van der Waals surface area contributed by atoms with Gasteiger partial charge in [-0.1, -0.05) is 18.2 Å². The van der Waals surface area contributed by atoms with E-state index in [1.807, 2.05) is 43.6 Å². The molecule has 2 aromatic carbocycles. The number of rotatable bonds is 8. The number of carbonyl (C=O) groups excluding carboxylic acids is 1. The Morgan fingerprint density at radius 3 is 2.65 bits per heavy atom. The summed E-state index contributed by atoms with van der Waals surface area (Å²) in [6.45, 7) is 4.92. The Morgan fingerprint density at radius 2 is 1.95 bits per heavy atom. The molecule has 4 aromatic rings.